The summed E-state index contributed by atoms with van der Waals surface area (Å²) in [4.78, 5) is 10.6. The van der Waals surface area contributed by atoms with Gasteiger partial charge in [0, 0.05) is 0 Å². The second-order valence-electron chi connectivity index (χ2n) is 3.71. The smallest absolute Gasteiger partial charge is 0.391 e. The minimum atomic E-state index is -4.28. The van der Waals surface area contributed by atoms with Crippen LogP contribution in [0.3, 0.4) is 0 Å². The van der Waals surface area contributed by atoms with Crippen molar-refractivity contribution in [2.75, 3.05) is 0 Å². The zero-order chi connectivity index (χ0) is 12.1. The van der Waals surface area contributed by atoms with Gasteiger partial charge in [-0.1, -0.05) is 20.3 Å². The fraction of sp³-hybridized carbons (Fsp3) is 0.900. The van der Waals surface area contributed by atoms with Crippen molar-refractivity contribution >= 4 is 5.97 Å². The Morgan fingerprint density at radius 2 is 1.87 bits per heavy atom. The molecule has 0 saturated carbocycles. The van der Waals surface area contributed by atoms with Crippen LogP contribution in [0.4, 0.5) is 13.2 Å². The lowest BCUT2D eigenvalue weighted by Crippen LogP contribution is -2.27. The van der Waals surface area contributed by atoms with Crippen LogP contribution in [0.25, 0.3) is 0 Å². The highest BCUT2D eigenvalue weighted by molar-refractivity contribution is 5.69. The normalized spacial score (nSPS) is 16.1. The molecule has 0 aliphatic carbocycles. The van der Waals surface area contributed by atoms with Crippen molar-refractivity contribution in [1.29, 1.82) is 0 Å². The van der Waals surface area contributed by atoms with Gasteiger partial charge in [0.15, 0.2) is 0 Å². The molecule has 2 atom stereocenters. The molecule has 0 rings (SSSR count). The number of alkyl halides is 3. The Kier molecular flexibility index (Phi) is 5.68. The molecule has 0 aromatic rings. The fourth-order valence-corrected chi connectivity index (χ4v) is 1.55. The van der Waals surface area contributed by atoms with Crippen molar-refractivity contribution < 1.29 is 23.1 Å². The maximum absolute atomic E-state index is 12.5. The summed E-state index contributed by atoms with van der Waals surface area (Å²) in [5, 5.41) is 8.69. The summed E-state index contributed by atoms with van der Waals surface area (Å²) in [6.07, 6.45) is -3.92. The molecule has 0 saturated heterocycles. The maximum Gasteiger partial charge on any atom is 0.391 e. The Bertz CT molecular complexity index is 201. The zero-order valence-corrected chi connectivity index (χ0v) is 8.97. The number of aliphatic carboxylic acids is 1. The van der Waals surface area contributed by atoms with Crippen molar-refractivity contribution in [3.05, 3.63) is 0 Å². The number of rotatable bonds is 6. The van der Waals surface area contributed by atoms with Crippen molar-refractivity contribution in [1.82, 2.24) is 0 Å². The third-order valence-corrected chi connectivity index (χ3v) is 2.51. The van der Waals surface area contributed by atoms with Gasteiger partial charge in [0.25, 0.3) is 0 Å². The van der Waals surface area contributed by atoms with Gasteiger partial charge in [-0.25, -0.2) is 0 Å². The summed E-state index contributed by atoms with van der Waals surface area (Å²) in [5.74, 6) is -3.51. The first kappa shape index (κ1) is 14.3. The van der Waals surface area contributed by atoms with Gasteiger partial charge in [-0.05, 0) is 19.3 Å². The van der Waals surface area contributed by atoms with E-state index >= 15 is 0 Å². The number of hydrogen-bond acceptors (Lipinski definition) is 1. The van der Waals surface area contributed by atoms with Crippen molar-refractivity contribution in [3.8, 4) is 0 Å². The summed E-state index contributed by atoms with van der Waals surface area (Å²) < 4.78 is 37.4. The van der Waals surface area contributed by atoms with Crippen molar-refractivity contribution in [2.24, 2.45) is 11.8 Å². The van der Waals surface area contributed by atoms with E-state index in [0.29, 0.717) is 6.42 Å². The van der Waals surface area contributed by atoms with Crippen LogP contribution in [-0.4, -0.2) is 17.3 Å². The Hall–Kier alpha value is -0.740. The van der Waals surface area contributed by atoms with Gasteiger partial charge in [-0.3, -0.25) is 4.79 Å². The lowest BCUT2D eigenvalue weighted by molar-refractivity contribution is -0.183. The van der Waals surface area contributed by atoms with Crippen LogP contribution in [0, 0.1) is 11.8 Å². The Labute approximate surface area is 87.5 Å². The van der Waals surface area contributed by atoms with E-state index in [-0.39, 0.29) is 19.3 Å². The van der Waals surface area contributed by atoms with Gasteiger partial charge in [-0.2, -0.15) is 13.2 Å². The van der Waals surface area contributed by atoms with E-state index in [1.807, 2.05) is 0 Å². The summed E-state index contributed by atoms with van der Waals surface area (Å²) in [6, 6.07) is 0. The van der Waals surface area contributed by atoms with Crippen LogP contribution in [-0.2, 0) is 4.79 Å². The second kappa shape index (κ2) is 5.98. The molecule has 0 radical (unpaired) electrons. The van der Waals surface area contributed by atoms with Gasteiger partial charge in [-0.15, -0.1) is 0 Å². The maximum atomic E-state index is 12.5. The molecule has 0 aliphatic heterocycles. The molecule has 1 N–H and O–H groups in total. The highest BCUT2D eigenvalue weighted by Crippen LogP contribution is 2.35. The Morgan fingerprint density at radius 1 is 1.33 bits per heavy atom. The Balaban J connectivity index is 4.45. The summed E-state index contributed by atoms with van der Waals surface area (Å²) in [5.41, 5.74) is 0. The monoisotopic (exact) mass is 226 g/mol. The minimum Gasteiger partial charge on any atom is -0.481 e. The number of carboxylic acid groups (broad SMARTS) is 1. The van der Waals surface area contributed by atoms with Crippen LogP contribution in [0.15, 0.2) is 0 Å². The second-order valence-corrected chi connectivity index (χ2v) is 3.71. The highest BCUT2D eigenvalue weighted by atomic mass is 19.4. The molecule has 0 heterocycles. The van der Waals surface area contributed by atoms with E-state index in [1.165, 1.54) is 0 Å². The third kappa shape index (κ3) is 5.04. The summed E-state index contributed by atoms with van der Waals surface area (Å²) >= 11 is 0. The molecule has 90 valence electrons. The van der Waals surface area contributed by atoms with Crippen LogP contribution >= 0.6 is 0 Å². The lowest BCUT2D eigenvalue weighted by Gasteiger charge is -2.22. The molecule has 2 unspecified atom stereocenters. The van der Waals surface area contributed by atoms with E-state index in [2.05, 4.69) is 0 Å². The molecule has 0 bridgehead atoms. The van der Waals surface area contributed by atoms with Gasteiger partial charge >= 0.3 is 12.1 Å². The third-order valence-electron chi connectivity index (χ3n) is 2.51. The molecule has 5 heteroatoms. The van der Waals surface area contributed by atoms with E-state index in [4.69, 9.17) is 5.11 Å². The molecule has 0 spiro atoms. The van der Waals surface area contributed by atoms with E-state index < -0.39 is 24.0 Å². The number of carboxylic acids is 1. The van der Waals surface area contributed by atoms with Crippen LogP contribution in [0.2, 0.25) is 0 Å². The molecule has 0 amide bonds. The first-order valence-corrected chi connectivity index (χ1v) is 5.12. The van der Waals surface area contributed by atoms with Crippen molar-refractivity contribution in [3.63, 3.8) is 0 Å². The first-order chi connectivity index (χ1) is 6.82. The average Bonchev–Trinajstić information content (AvgIpc) is 2.09. The number of hydrogen-bond donors (Lipinski definition) is 1. The lowest BCUT2D eigenvalue weighted by atomic mass is 9.89. The van der Waals surface area contributed by atoms with Crippen LogP contribution < -0.4 is 0 Å². The van der Waals surface area contributed by atoms with Crippen LogP contribution in [0.1, 0.15) is 39.5 Å². The Morgan fingerprint density at radius 3 is 2.13 bits per heavy atom. The van der Waals surface area contributed by atoms with E-state index in [1.54, 1.807) is 13.8 Å². The van der Waals surface area contributed by atoms with Crippen LogP contribution in [0.5, 0.6) is 0 Å². The minimum absolute atomic E-state index is 0.00722. The zero-order valence-electron chi connectivity index (χ0n) is 8.97. The van der Waals surface area contributed by atoms with Gasteiger partial charge < -0.3 is 5.11 Å². The quantitative estimate of drug-likeness (QED) is 0.753. The van der Waals surface area contributed by atoms with Gasteiger partial charge in [0.1, 0.15) is 0 Å². The molecule has 0 fully saturated rings. The molecule has 15 heavy (non-hydrogen) atoms. The molecular formula is C10H17F3O2. The van der Waals surface area contributed by atoms with Gasteiger partial charge in [0.05, 0.1) is 11.8 Å². The van der Waals surface area contributed by atoms with Crippen molar-refractivity contribution in [2.45, 2.75) is 45.7 Å². The molecule has 2 nitrogen and oxygen atoms in total. The van der Waals surface area contributed by atoms with Gasteiger partial charge in [0.2, 0.25) is 0 Å². The number of carbonyl (C=O) groups is 1. The highest BCUT2D eigenvalue weighted by Gasteiger charge is 2.40. The SMILES string of the molecule is CCCC(CC(CC)C(=O)O)C(F)(F)F. The topological polar surface area (TPSA) is 37.3 Å². The predicted molar refractivity (Wildman–Crippen MR) is 50.5 cm³/mol. The van der Waals surface area contributed by atoms with E-state index in [0.717, 1.165) is 0 Å². The average molecular weight is 226 g/mol. The molecule has 0 aliphatic rings. The number of halogens is 3. The molecular weight excluding hydrogens is 209 g/mol. The predicted octanol–water partition coefficient (Wildman–Crippen LogP) is 3.47. The summed E-state index contributed by atoms with van der Waals surface area (Å²) in [6.45, 7) is 3.26. The van der Waals surface area contributed by atoms with E-state index in [9.17, 15) is 18.0 Å². The standard InChI is InChI=1S/C10H17F3O2/c1-3-5-8(10(11,12)13)6-7(4-2)9(14)15/h7-8H,3-6H2,1-2H3,(H,14,15). The summed E-state index contributed by atoms with van der Waals surface area (Å²) in [7, 11) is 0. The first-order valence-electron chi connectivity index (χ1n) is 5.12. The molecule has 0 aromatic heterocycles. The largest absolute Gasteiger partial charge is 0.481 e. The fourth-order valence-electron chi connectivity index (χ4n) is 1.55. The molecule has 0 aromatic carbocycles.